The van der Waals surface area contributed by atoms with E-state index in [1.54, 1.807) is 0 Å². The van der Waals surface area contributed by atoms with Gasteiger partial charge in [-0.1, -0.05) is 6.42 Å². The normalized spacial score (nSPS) is 21.8. The van der Waals surface area contributed by atoms with Gasteiger partial charge < -0.3 is 5.32 Å². The van der Waals surface area contributed by atoms with Gasteiger partial charge in [0.25, 0.3) is 0 Å². The minimum absolute atomic E-state index is 0.0501. The fourth-order valence-electron chi connectivity index (χ4n) is 2.46. The Morgan fingerprint density at radius 2 is 2.00 bits per heavy atom. The highest BCUT2D eigenvalue weighted by atomic mass is 19.4. The largest absolute Gasteiger partial charge is 0.401 e. The van der Waals surface area contributed by atoms with E-state index in [0.717, 1.165) is 19.4 Å². The van der Waals surface area contributed by atoms with Gasteiger partial charge in [-0.3, -0.25) is 4.90 Å². The van der Waals surface area contributed by atoms with Crippen LogP contribution < -0.4 is 5.32 Å². The Morgan fingerprint density at radius 1 is 1.28 bits per heavy atom. The van der Waals surface area contributed by atoms with Gasteiger partial charge in [-0.25, -0.2) is 0 Å². The quantitative estimate of drug-likeness (QED) is 0.794. The van der Waals surface area contributed by atoms with E-state index >= 15 is 0 Å². The highest BCUT2D eigenvalue weighted by molar-refractivity contribution is 4.74. The van der Waals surface area contributed by atoms with Crippen LogP contribution in [0.3, 0.4) is 0 Å². The van der Waals surface area contributed by atoms with Gasteiger partial charge in [-0.15, -0.1) is 0 Å². The number of rotatable bonds is 6. The first-order valence-electron chi connectivity index (χ1n) is 6.92. The summed E-state index contributed by atoms with van der Waals surface area (Å²) in [6.45, 7) is 4.45. The summed E-state index contributed by atoms with van der Waals surface area (Å²) in [5.41, 5.74) is 0. The minimum atomic E-state index is -4.09. The van der Waals surface area contributed by atoms with Gasteiger partial charge in [0.1, 0.15) is 0 Å². The molecule has 0 aromatic rings. The maximum Gasteiger partial charge on any atom is 0.401 e. The second kappa shape index (κ2) is 7.34. The molecule has 1 heterocycles. The maximum atomic E-state index is 12.4. The average molecular weight is 266 g/mol. The van der Waals surface area contributed by atoms with Gasteiger partial charge in [-0.05, 0) is 52.6 Å². The predicted octanol–water partition coefficient (Wildman–Crippen LogP) is 3.18. The van der Waals surface area contributed by atoms with Crippen molar-refractivity contribution in [2.45, 2.75) is 64.2 Å². The molecule has 1 atom stereocenters. The molecule has 18 heavy (non-hydrogen) atoms. The van der Waals surface area contributed by atoms with Gasteiger partial charge in [-0.2, -0.15) is 13.2 Å². The van der Waals surface area contributed by atoms with Crippen LogP contribution in [0.2, 0.25) is 0 Å². The lowest BCUT2D eigenvalue weighted by atomic mass is 10.0. The summed E-state index contributed by atoms with van der Waals surface area (Å²) < 4.78 is 37.2. The average Bonchev–Trinajstić information content (AvgIpc) is 2.27. The molecule has 2 nitrogen and oxygen atoms in total. The Bertz CT molecular complexity index is 223. The molecule has 0 aromatic carbocycles. The van der Waals surface area contributed by atoms with Crippen LogP contribution in [0.15, 0.2) is 0 Å². The highest BCUT2D eigenvalue weighted by Crippen LogP contribution is 2.19. The van der Waals surface area contributed by atoms with E-state index < -0.39 is 12.7 Å². The Kier molecular flexibility index (Phi) is 6.43. The van der Waals surface area contributed by atoms with Crippen LogP contribution in [0.1, 0.15) is 46.0 Å². The molecule has 1 unspecified atom stereocenters. The summed E-state index contributed by atoms with van der Waals surface area (Å²) >= 11 is 0. The van der Waals surface area contributed by atoms with E-state index in [1.165, 1.54) is 24.2 Å². The molecule has 0 aliphatic carbocycles. The molecule has 5 heteroatoms. The van der Waals surface area contributed by atoms with Crippen LogP contribution in [-0.4, -0.2) is 42.8 Å². The van der Waals surface area contributed by atoms with Crippen molar-refractivity contribution >= 4 is 0 Å². The van der Waals surface area contributed by atoms with Gasteiger partial charge in [0.05, 0.1) is 6.54 Å². The zero-order valence-electron chi connectivity index (χ0n) is 11.4. The van der Waals surface area contributed by atoms with Crippen molar-refractivity contribution in [2.24, 2.45) is 0 Å². The monoisotopic (exact) mass is 266 g/mol. The first kappa shape index (κ1) is 15.8. The van der Waals surface area contributed by atoms with Crippen LogP contribution in [0, 0.1) is 0 Å². The summed E-state index contributed by atoms with van der Waals surface area (Å²) in [7, 11) is 0. The summed E-state index contributed by atoms with van der Waals surface area (Å²) in [6.07, 6.45) is 1.37. The lowest BCUT2D eigenvalue weighted by Crippen LogP contribution is -2.40. The molecule has 0 saturated carbocycles. The number of hydrogen-bond acceptors (Lipinski definition) is 2. The lowest BCUT2D eigenvalue weighted by Gasteiger charge is -2.29. The van der Waals surface area contributed by atoms with E-state index in [0.29, 0.717) is 12.6 Å². The Labute approximate surface area is 108 Å². The van der Waals surface area contributed by atoms with E-state index in [1.807, 2.05) is 13.8 Å². The van der Waals surface area contributed by atoms with Crippen molar-refractivity contribution < 1.29 is 13.2 Å². The number of alkyl halides is 3. The lowest BCUT2D eigenvalue weighted by molar-refractivity contribution is -0.149. The SMILES string of the molecule is CC(C)N(CCCC1CCCCN1)CC(F)(F)F. The third kappa shape index (κ3) is 6.59. The fraction of sp³-hybridized carbons (Fsp3) is 1.00. The standard InChI is InChI=1S/C13H25F3N2/c1-11(2)18(10-13(14,15)16)9-5-7-12-6-3-4-8-17-12/h11-12,17H,3-10H2,1-2H3. The fourth-order valence-corrected chi connectivity index (χ4v) is 2.46. The number of halogens is 3. The number of nitrogens with zero attached hydrogens (tertiary/aromatic N) is 1. The Balaban J connectivity index is 2.24. The Hall–Kier alpha value is -0.290. The molecule has 1 aliphatic rings. The summed E-state index contributed by atoms with van der Waals surface area (Å²) in [5.74, 6) is 0. The number of nitrogens with one attached hydrogen (secondary N) is 1. The van der Waals surface area contributed by atoms with Gasteiger partial charge in [0, 0.05) is 12.1 Å². The zero-order valence-corrected chi connectivity index (χ0v) is 11.4. The van der Waals surface area contributed by atoms with Crippen LogP contribution >= 0.6 is 0 Å². The summed E-state index contributed by atoms with van der Waals surface area (Å²) in [6, 6.07) is 0.463. The first-order chi connectivity index (χ1) is 8.38. The highest BCUT2D eigenvalue weighted by Gasteiger charge is 2.31. The molecule has 1 saturated heterocycles. The van der Waals surface area contributed by atoms with Crippen molar-refractivity contribution in [1.29, 1.82) is 0 Å². The maximum absolute atomic E-state index is 12.4. The van der Waals surface area contributed by atoms with E-state index in [4.69, 9.17) is 0 Å². The topological polar surface area (TPSA) is 15.3 Å². The van der Waals surface area contributed by atoms with Crippen LogP contribution in [0.4, 0.5) is 13.2 Å². The molecule has 0 radical (unpaired) electrons. The number of hydrogen-bond donors (Lipinski definition) is 1. The molecule has 1 rings (SSSR count). The molecule has 1 N–H and O–H groups in total. The second-order valence-corrected chi connectivity index (χ2v) is 5.47. The van der Waals surface area contributed by atoms with Gasteiger partial charge in [0.15, 0.2) is 0 Å². The van der Waals surface area contributed by atoms with Crippen molar-refractivity contribution in [2.75, 3.05) is 19.6 Å². The predicted molar refractivity (Wildman–Crippen MR) is 67.6 cm³/mol. The van der Waals surface area contributed by atoms with Crippen molar-refractivity contribution in [3.63, 3.8) is 0 Å². The summed E-state index contributed by atoms with van der Waals surface area (Å²) in [4.78, 5) is 1.52. The van der Waals surface area contributed by atoms with Crippen molar-refractivity contribution in [1.82, 2.24) is 10.2 Å². The third-order valence-electron chi connectivity index (χ3n) is 3.52. The zero-order chi connectivity index (χ0) is 13.6. The molecule has 0 amide bonds. The minimum Gasteiger partial charge on any atom is -0.314 e. The molecule has 108 valence electrons. The molecule has 0 bridgehead atoms. The van der Waals surface area contributed by atoms with E-state index in [-0.39, 0.29) is 6.04 Å². The van der Waals surface area contributed by atoms with Gasteiger partial charge >= 0.3 is 6.18 Å². The van der Waals surface area contributed by atoms with Crippen molar-refractivity contribution in [3.8, 4) is 0 Å². The van der Waals surface area contributed by atoms with E-state index in [9.17, 15) is 13.2 Å². The van der Waals surface area contributed by atoms with Crippen molar-refractivity contribution in [3.05, 3.63) is 0 Å². The first-order valence-corrected chi connectivity index (χ1v) is 6.92. The number of piperidine rings is 1. The smallest absolute Gasteiger partial charge is 0.314 e. The molecular formula is C13H25F3N2. The Morgan fingerprint density at radius 3 is 2.50 bits per heavy atom. The molecule has 0 aromatic heterocycles. The third-order valence-corrected chi connectivity index (χ3v) is 3.52. The van der Waals surface area contributed by atoms with Crippen LogP contribution in [-0.2, 0) is 0 Å². The molecule has 1 aliphatic heterocycles. The molecule has 0 spiro atoms. The summed E-state index contributed by atoms with van der Waals surface area (Å²) in [5, 5.41) is 3.43. The molecule has 1 fully saturated rings. The van der Waals surface area contributed by atoms with Crippen LogP contribution in [0.5, 0.6) is 0 Å². The van der Waals surface area contributed by atoms with Gasteiger partial charge in [0.2, 0.25) is 0 Å². The van der Waals surface area contributed by atoms with Crippen LogP contribution in [0.25, 0.3) is 0 Å². The molecular weight excluding hydrogens is 241 g/mol. The second-order valence-electron chi connectivity index (χ2n) is 5.47. The van der Waals surface area contributed by atoms with E-state index in [2.05, 4.69) is 5.32 Å².